The number of ether oxygens (including phenoxy) is 2. The molecule has 1 aromatic carbocycles. The molecule has 3 rings (SSSR count). The Balaban J connectivity index is 1.34. The van der Waals surface area contributed by atoms with E-state index in [9.17, 15) is 4.79 Å². The van der Waals surface area contributed by atoms with Crippen LogP contribution < -0.4 is 14.8 Å². The van der Waals surface area contributed by atoms with Crippen LogP contribution in [0, 0.1) is 6.92 Å². The van der Waals surface area contributed by atoms with Gasteiger partial charge in [0.1, 0.15) is 18.1 Å². The Morgan fingerprint density at radius 1 is 1.08 bits per heavy atom. The second kappa shape index (κ2) is 8.66. The highest BCUT2D eigenvalue weighted by Crippen LogP contribution is 2.17. The Labute approximate surface area is 151 Å². The van der Waals surface area contributed by atoms with E-state index < -0.39 is 0 Å². The van der Waals surface area contributed by atoms with E-state index in [0.717, 1.165) is 5.56 Å². The fourth-order valence-corrected chi connectivity index (χ4v) is 2.13. The summed E-state index contributed by atoms with van der Waals surface area (Å²) in [6, 6.07) is 14.6. The summed E-state index contributed by atoms with van der Waals surface area (Å²) in [5.74, 6) is 1.47. The van der Waals surface area contributed by atoms with Crippen molar-refractivity contribution < 1.29 is 18.7 Å². The van der Waals surface area contributed by atoms with Crippen LogP contribution in [0.5, 0.6) is 11.6 Å². The Morgan fingerprint density at radius 3 is 2.62 bits per heavy atom. The molecule has 134 valence electrons. The van der Waals surface area contributed by atoms with E-state index in [-0.39, 0.29) is 19.1 Å². The minimum absolute atomic E-state index is 0.0410. The molecule has 0 radical (unpaired) electrons. The van der Waals surface area contributed by atoms with Gasteiger partial charge in [0, 0.05) is 6.07 Å². The number of hydrogen-bond acceptors (Lipinski definition) is 6. The van der Waals surface area contributed by atoms with Gasteiger partial charge in [-0.3, -0.25) is 4.79 Å². The van der Waals surface area contributed by atoms with Crippen molar-refractivity contribution in [3.63, 3.8) is 0 Å². The zero-order chi connectivity index (χ0) is 18.2. The molecule has 3 aromatic rings. The maximum atomic E-state index is 11.7. The second-order valence-corrected chi connectivity index (χ2v) is 5.53. The number of rotatable bonds is 8. The van der Waals surface area contributed by atoms with E-state index in [1.165, 1.54) is 0 Å². The van der Waals surface area contributed by atoms with Gasteiger partial charge >= 0.3 is 0 Å². The molecule has 0 aliphatic carbocycles. The minimum Gasteiger partial charge on any atom is -0.484 e. The number of hydrogen-bond donors (Lipinski definition) is 1. The molecule has 0 bridgehead atoms. The van der Waals surface area contributed by atoms with E-state index in [1.54, 1.807) is 30.5 Å². The van der Waals surface area contributed by atoms with Crippen LogP contribution in [-0.2, 0) is 4.79 Å². The predicted octanol–water partition coefficient (Wildman–Crippen LogP) is 2.62. The molecule has 0 spiro atoms. The summed E-state index contributed by atoms with van der Waals surface area (Å²) in [5, 5.41) is 10.7. The first-order chi connectivity index (χ1) is 12.7. The lowest BCUT2D eigenvalue weighted by molar-refractivity contribution is -0.123. The highest BCUT2D eigenvalue weighted by Gasteiger charge is 2.05. The number of amides is 1. The first-order valence-electron chi connectivity index (χ1n) is 8.17. The molecule has 0 saturated carbocycles. The third-order valence-corrected chi connectivity index (χ3v) is 3.48. The van der Waals surface area contributed by atoms with Gasteiger partial charge in [-0.1, -0.05) is 17.7 Å². The van der Waals surface area contributed by atoms with Crippen LogP contribution in [0.3, 0.4) is 0 Å². The average Bonchev–Trinajstić information content (AvgIpc) is 3.20. The molecule has 7 heteroatoms. The second-order valence-electron chi connectivity index (χ2n) is 5.53. The van der Waals surface area contributed by atoms with Gasteiger partial charge in [0.05, 0.1) is 12.8 Å². The topological polar surface area (TPSA) is 86.5 Å². The molecule has 1 N–H and O–H groups in total. The van der Waals surface area contributed by atoms with Crippen molar-refractivity contribution in [1.82, 2.24) is 15.5 Å². The fraction of sp³-hybridized carbons (Fsp3) is 0.211. The molecule has 2 aromatic heterocycles. The lowest BCUT2D eigenvalue weighted by atomic mass is 10.2. The molecule has 0 saturated heterocycles. The number of aryl methyl sites for hydroxylation is 1. The summed E-state index contributed by atoms with van der Waals surface area (Å²) >= 11 is 0. The Hall–Kier alpha value is -3.35. The maximum Gasteiger partial charge on any atom is 0.258 e. The lowest BCUT2D eigenvalue weighted by Gasteiger charge is -2.08. The Kier molecular flexibility index (Phi) is 5.82. The number of carbonyl (C=O) groups excluding carboxylic acids is 1. The van der Waals surface area contributed by atoms with Gasteiger partial charge in [0.2, 0.25) is 5.88 Å². The zero-order valence-electron chi connectivity index (χ0n) is 14.3. The molecule has 0 atom stereocenters. The molecule has 0 unspecified atom stereocenters. The van der Waals surface area contributed by atoms with Crippen molar-refractivity contribution in [3.05, 3.63) is 60.4 Å². The highest BCUT2D eigenvalue weighted by atomic mass is 16.5. The molecular formula is C19H19N3O4. The molecule has 7 nitrogen and oxygen atoms in total. The van der Waals surface area contributed by atoms with Crippen LogP contribution in [0.4, 0.5) is 0 Å². The van der Waals surface area contributed by atoms with Crippen LogP contribution >= 0.6 is 0 Å². The van der Waals surface area contributed by atoms with E-state index in [4.69, 9.17) is 13.9 Å². The van der Waals surface area contributed by atoms with Crippen molar-refractivity contribution in [2.45, 2.75) is 6.92 Å². The van der Waals surface area contributed by atoms with Crippen LogP contribution in [-0.4, -0.2) is 35.9 Å². The van der Waals surface area contributed by atoms with E-state index in [0.29, 0.717) is 29.6 Å². The summed E-state index contributed by atoms with van der Waals surface area (Å²) in [4.78, 5) is 11.7. The predicted molar refractivity (Wildman–Crippen MR) is 94.9 cm³/mol. The van der Waals surface area contributed by atoms with Gasteiger partial charge in [-0.25, -0.2) is 0 Å². The van der Waals surface area contributed by atoms with Gasteiger partial charge in [-0.2, -0.15) is 0 Å². The van der Waals surface area contributed by atoms with Crippen LogP contribution in [0.15, 0.2) is 59.2 Å². The maximum absolute atomic E-state index is 11.7. The molecule has 26 heavy (non-hydrogen) atoms. The standard InChI is InChI=1S/C19H19N3O4/c1-14-4-6-15(7-5-14)26-13-18(23)20-10-12-25-19-9-8-16(21-22-19)17-3-2-11-24-17/h2-9,11H,10,12-13H2,1H3,(H,20,23). The highest BCUT2D eigenvalue weighted by molar-refractivity contribution is 5.77. The Morgan fingerprint density at radius 2 is 1.92 bits per heavy atom. The number of benzene rings is 1. The first-order valence-corrected chi connectivity index (χ1v) is 8.17. The summed E-state index contributed by atoms with van der Waals surface area (Å²) in [7, 11) is 0. The lowest BCUT2D eigenvalue weighted by Crippen LogP contribution is -2.32. The van der Waals surface area contributed by atoms with Gasteiger partial charge < -0.3 is 19.2 Å². The quantitative estimate of drug-likeness (QED) is 0.627. The largest absolute Gasteiger partial charge is 0.484 e. The van der Waals surface area contributed by atoms with Gasteiger partial charge in [0.15, 0.2) is 12.4 Å². The normalized spacial score (nSPS) is 10.3. The van der Waals surface area contributed by atoms with Crippen LogP contribution in [0.1, 0.15) is 5.56 Å². The molecular weight excluding hydrogens is 334 g/mol. The molecule has 1 amide bonds. The fourth-order valence-electron chi connectivity index (χ4n) is 2.13. The number of aromatic nitrogens is 2. The third kappa shape index (κ3) is 5.07. The monoisotopic (exact) mass is 353 g/mol. The van der Waals surface area contributed by atoms with Crippen LogP contribution in [0.25, 0.3) is 11.5 Å². The molecule has 0 fully saturated rings. The number of carbonyl (C=O) groups is 1. The van der Waals surface area contributed by atoms with E-state index in [1.807, 2.05) is 31.2 Å². The van der Waals surface area contributed by atoms with Gasteiger partial charge in [-0.15, -0.1) is 10.2 Å². The average molecular weight is 353 g/mol. The van der Waals surface area contributed by atoms with Crippen molar-refractivity contribution in [1.29, 1.82) is 0 Å². The SMILES string of the molecule is Cc1ccc(OCC(=O)NCCOc2ccc(-c3ccco3)nn2)cc1. The molecule has 0 aliphatic heterocycles. The zero-order valence-corrected chi connectivity index (χ0v) is 14.3. The molecule has 2 heterocycles. The third-order valence-electron chi connectivity index (χ3n) is 3.48. The summed E-state index contributed by atoms with van der Waals surface area (Å²) in [5.41, 5.74) is 1.77. The van der Waals surface area contributed by atoms with Gasteiger partial charge in [-0.05, 0) is 37.3 Å². The van der Waals surface area contributed by atoms with E-state index in [2.05, 4.69) is 15.5 Å². The van der Waals surface area contributed by atoms with E-state index >= 15 is 0 Å². The van der Waals surface area contributed by atoms with Crippen molar-refractivity contribution >= 4 is 5.91 Å². The summed E-state index contributed by atoms with van der Waals surface area (Å²) in [6.07, 6.45) is 1.58. The summed E-state index contributed by atoms with van der Waals surface area (Å²) < 4.78 is 16.1. The van der Waals surface area contributed by atoms with Crippen molar-refractivity contribution in [2.24, 2.45) is 0 Å². The Bertz CT molecular complexity index is 815. The van der Waals surface area contributed by atoms with Crippen molar-refractivity contribution in [2.75, 3.05) is 19.8 Å². The summed E-state index contributed by atoms with van der Waals surface area (Å²) in [6.45, 7) is 2.58. The smallest absolute Gasteiger partial charge is 0.258 e. The van der Waals surface area contributed by atoms with Crippen LogP contribution in [0.2, 0.25) is 0 Å². The number of furan rings is 1. The first kappa shape index (κ1) is 17.5. The van der Waals surface area contributed by atoms with Crippen molar-refractivity contribution in [3.8, 4) is 23.1 Å². The minimum atomic E-state index is -0.214. The van der Waals surface area contributed by atoms with Gasteiger partial charge in [0.25, 0.3) is 5.91 Å². The molecule has 0 aliphatic rings. The number of nitrogens with zero attached hydrogens (tertiary/aromatic N) is 2. The number of nitrogens with one attached hydrogen (secondary N) is 1.